The van der Waals surface area contributed by atoms with Crippen LogP contribution in [-0.2, 0) is 24.5 Å². The van der Waals surface area contributed by atoms with Crippen molar-refractivity contribution in [1.82, 2.24) is 0 Å². The van der Waals surface area contributed by atoms with E-state index < -0.39 is 11.9 Å². The first-order chi connectivity index (χ1) is 18.0. The van der Waals surface area contributed by atoms with Crippen molar-refractivity contribution in [2.24, 2.45) is 0 Å². The average molecular weight is 517 g/mol. The van der Waals surface area contributed by atoms with Gasteiger partial charge >= 0.3 is 5.97 Å². The number of carbonyl (C=O) groups excluding carboxylic acids is 3. The minimum Gasteiger partial charge on any atom is -0.457 e. The molecule has 0 aliphatic carbocycles. The van der Waals surface area contributed by atoms with Gasteiger partial charge in [0.15, 0.2) is 6.61 Å². The molecule has 0 radical (unpaired) electrons. The fourth-order valence-corrected chi connectivity index (χ4v) is 3.66. The van der Waals surface area contributed by atoms with Crippen molar-refractivity contribution in [2.45, 2.75) is 59.3 Å². The van der Waals surface area contributed by atoms with E-state index in [1.807, 2.05) is 44.2 Å². The Bertz CT molecular complexity index is 1260. The van der Waals surface area contributed by atoms with E-state index in [4.69, 9.17) is 9.47 Å². The van der Waals surface area contributed by atoms with Gasteiger partial charge in [0.05, 0.1) is 0 Å². The fourth-order valence-electron chi connectivity index (χ4n) is 3.66. The Morgan fingerprint density at radius 2 is 1.39 bits per heavy atom. The molecule has 0 aliphatic rings. The van der Waals surface area contributed by atoms with Crippen molar-refractivity contribution >= 4 is 29.2 Å². The minimum absolute atomic E-state index is 0.0466. The number of hydrogen-bond donors (Lipinski definition) is 2. The van der Waals surface area contributed by atoms with Gasteiger partial charge in [0.2, 0.25) is 5.91 Å². The summed E-state index contributed by atoms with van der Waals surface area (Å²) in [7, 11) is 0. The summed E-state index contributed by atoms with van der Waals surface area (Å²) in [5.74, 6) is 0.266. The zero-order valence-corrected chi connectivity index (χ0v) is 22.7. The molecule has 0 saturated carbocycles. The van der Waals surface area contributed by atoms with Gasteiger partial charge in [-0.1, -0.05) is 45.0 Å². The lowest BCUT2D eigenvalue weighted by atomic mass is 9.87. The van der Waals surface area contributed by atoms with Crippen LogP contribution in [0.3, 0.4) is 0 Å². The second-order valence-corrected chi connectivity index (χ2v) is 10.3. The van der Waals surface area contributed by atoms with Crippen LogP contribution in [-0.4, -0.2) is 24.4 Å². The van der Waals surface area contributed by atoms with Crippen LogP contribution in [0.4, 0.5) is 11.4 Å². The van der Waals surface area contributed by atoms with E-state index in [0.29, 0.717) is 23.5 Å². The van der Waals surface area contributed by atoms with Crippen LogP contribution >= 0.6 is 0 Å². The highest BCUT2D eigenvalue weighted by Crippen LogP contribution is 2.27. The molecule has 2 N–H and O–H groups in total. The summed E-state index contributed by atoms with van der Waals surface area (Å²) in [6, 6.07) is 20.8. The molecule has 3 rings (SSSR count). The van der Waals surface area contributed by atoms with Crippen LogP contribution in [0.1, 0.15) is 56.7 Å². The van der Waals surface area contributed by atoms with E-state index in [9.17, 15) is 14.4 Å². The molecule has 0 spiro atoms. The molecule has 7 nitrogen and oxygen atoms in total. The standard InChI is InChI=1S/C31H36N2O5/c1-21-9-10-22(2)27(19-21)33-29(35)20-37-30(36)8-6-7-28(34)32-24-13-17-26(18-14-24)38-25-15-11-23(12-16-25)31(3,4)5/h9-19H,6-8,20H2,1-5H3,(H,32,34)(H,33,35). The van der Waals surface area contributed by atoms with Gasteiger partial charge in [-0.25, -0.2) is 0 Å². The maximum atomic E-state index is 12.3. The van der Waals surface area contributed by atoms with E-state index in [1.54, 1.807) is 24.3 Å². The molecule has 0 unspecified atom stereocenters. The summed E-state index contributed by atoms with van der Waals surface area (Å²) in [5.41, 5.74) is 4.58. The first-order valence-corrected chi connectivity index (χ1v) is 12.7. The molecule has 0 aliphatic heterocycles. The molecule has 3 aromatic carbocycles. The second-order valence-electron chi connectivity index (χ2n) is 10.3. The molecule has 200 valence electrons. The summed E-state index contributed by atoms with van der Waals surface area (Å²) in [5, 5.41) is 5.55. The van der Waals surface area contributed by atoms with E-state index in [1.165, 1.54) is 5.56 Å². The number of anilines is 2. The maximum Gasteiger partial charge on any atom is 0.306 e. The van der Waals surface area contributed by atoms with Crippen molar-refractivity contribution in [3.8, 4) is 11.5 Å². The molecule has 7 heteroatoms. The van der Waals surface area contributed by atoms with Crippen molar-refractivity contribution in [1.29, 1.82) is 0 Å². The summed E-state index contributed by atoms with van der Waals surface area (Å²) >= 11 is 0. The first kappa shape index (κ1) is 28.4. The van der Waals surface area contributed by atoms with Gasteiger partial charge in [-0.2, -0.15) is 0 Å². The predicted octanol–water partition coefficient (Wildman–Crippen LogP) is 6.68. The predicted molar refractivity (Wildman–Crippen MR) is 150 cm³/mol. The maximum absolute atomic E-state index is 12.3. The third-order valence-corrected chi connectivity index (χ3v) is 5.91. The molecule has 0 fully saturated rings. The Morgan fingerprint density at radius 3 is 2.03 bits per heavy atom. The smallest absolute Gasteiger partial charge is 0.306 e. The Balaban J connectivity index is 1.35. The van der Waals surface area contributed by atoms with E-state index >= 15 is 0 Å². The van der Waals surface area contributed by atoms with Crippen molar-refractivity contribution in [3.05, 3.63) is 83.4 Å². The summed E-state index contributed by atoms with van der Waals surface area (Å²) in [6.07, 6.45) is 0.516. The molecule has 0 atom stereocenters. The van der Waals surface area contributed by atoms with Crippen molar-refractivity contribution < 1.29 is 23.9 Å². The number of carbonyl (C=O) groups is 3. The number of nitrogens with one attached hydrogen (secondary N) is 2. The van der Waals surface area contributed by atoms with Crippen molar-refractivity contribution in [2.75, 3.05) is 17.2 Å². The van der Waals surface area contributed by atoms with Gasteiger partial charge in [0, 0.05) is 24.2 Å². The molecule has 38 heavy (non-hydrogen) atoms. The van der Waals surface area contributed by atoms with Crippen LogP contribution in [0.5, 0.6) is 11.5 Å². The number of hydrogen-bond acceptors (Lipinski definition) is 5. The quantitative estimate of drug-likeness (QED) is 0.293. The number of benzene rings is 3. The summed E-state index contributed by atoms with van der Waals surface area (Å²) < 4.78 is 10.9. The van der Waals surface area contributed by atoms with Gasteiger partial charge in [0.25, 0.3) is 5.91 Å². The van der Waals surface area contributed by atoms with E-state index in [2.05, 4.69) is 43.5 Å². The van der Waals surface area contributed by atoms with Crippen LogP contribution < -0.4 is 15.4 Å². The lowest BCUT2D eigenvalue weighted by molar-refractivity contribution is -0.147. The number of aryl methyl sites for hydroxylation is 2. The Hall–Kier alpha value is -4.13. The van der Waals surface area contributed by atoms with Gasteiger partial charge < -0.3 is 20.1 Å². The van der Waals surface area contributed by atoms with Crippen LogP contribution in [0, 0.1) is 13.8 Å². The van der Waals surface area contributed by atoms with Crippen molar-refractivity contribution in [3.63, 3.8) is 0 Å². The number of amides is 2. The van der Waals surface area contributed by atoms with Crippen LogP contribution in [0.15, 0.2) is 66.7 Å². The highest BCUT2D eigenvalue weighted by atomic mass is 16.5. The lowest BCUT2D eigenvalue weighted by Gasteiger charge is -2.19. The molecule has 0 saturated heterocycles. The Labute approximate surface area is 224 Å². The van der Waals surface area contributed by atoms with E-state index in [0.717, 1.165) is 16.9 Å². The third kappa shape index (κ3) is 9.07. The third-order valence-electron chi connectivity index (χ3n) is 5.91. The second kappa shape index (κ2) is 12.9. The van der Waals surface area contributed by atoms with Gasteiger partial charge in [-0.05, 0) is 84.8 Å². The molecule has 0 heterocycles. The molecule has 3 aromatic rings. The highest BCUT2D eigenvalue weighted by Gasteiger charge is 2.13. The number of esters is 1. The number of rotatable bonds is 10. The normalized spacial score (nSPS) is 11.0. The summed E-state index contributed by atoms with van der Waals surface area (Å²) in [4.78, 5) is 36.3. The van der Waals surface area contributed by atoms with Gasteiger partial charge in [-0.3, -0.25) is 14.4 Å². The first-order valence-electron chi connectivity index (χ1n) is 12.7. The molecular weight excluding hydrogens is 480 g/mol. The molecule has 2 amide bonds. The average Bonchev–Trinajstić information content (AvgIpc) is 2.86. The topological polar surface area (TPSA) is 93.7 Å². The highest BCUT2D eigenvalue weighted by molar-refractivity contribution is 5.93. The molecule has 0 bridgehead atoms. The van der Waals surface area contributed by atoms with Gasteiger partial charge in [0.1, 0.15) is 11.5 Å². The number of ether oxygens (including phenoxy) is 2. The Kier molecular flexibility index (Phi) is 9.66. The molecule has 0 aromatic heterocycles. The largest absolute Gasteiger partial charge is 0.457 e. The minimum atomic E-state index is -0.522. The van der Waals surface area contributed by atoms with Gasteiger partial charge in [-0.15, -0.1) is 0 Å². The SMILES string of the molecule is Cc1ccc(C)c(NC(=O)COC(=O)CCCC(=O)Nc2ccc(Oc3ccc(C(C)(C)C)cc3)cc2)c1. The Morgan fingerprint density at radius 1 is 0.763 bits per heavy atom. The zero-order chi connectivity index (χ0) is 27.7. The lowest BCUT2D eigenvalue weighted by Crippen LogP contribution is -2.21. The summed E-state index contributed by atoms with van der Waals surface area (Å²) in [6.45, 7) is 9.95. The fraction of sp³-hybridized carbons (Fsp3) is 0.323. The van der Waals surface area contributed by atoms with Crippen LogP contribution in [0.2, 0.25) is 0 Å². The monoisotopic (exact) mass is 516 g/mol. The van der Waals surface area contributed by atoms with Crippen LogP contribution in [0.25, 0.3) is 0 Å². The van der Waals surface area contributed by atoms with E-state index in [-0.39, 0.29) is 30.8 Å². The zero-order valence-electron chi connectivity index (χ0n) is 22.7. The molecular formula is C31H36N2O5.